The van der Waals surface area contributed by atoms with E-state index in [-0.39, 0.29) is 35.8 Å². The van der Waals surface area contributed by atoms with E-state index in [0.29, 0.717) is 17.4 Å². The van der Waals surface area contributed by atoms with Crippen LogP contribution in [0.15, 0.2) is 42.7 Å². The summed E-state index contributed by atoms with van der Waals surface area (Å²) in [6, 6.07) is 7.57. The number of nitrogens with one attached hydrogen (secondary N) is 4. The normalized spacial score (nSPS) is 24.1. The zero-order valence-corrected chi connectivity index (χ0v) is 17.4. The Morgan fingerprint density at radius 3 is 2.94 bits per heavy atom. The predicted molar refractivity (Wildman–Crippen MR) is 117 cm³/mol. The number of rotatable bonds is 7. The number of anilines is 3. The van der Waals surface area contributed by atoms with Crippen molar-refractivity contribution in [3.63, 3.8) is 0 Å². The first-order chi connectivity index (χ1) is 15.0. The standard InChI is InChI=1S/C22H25N7O2/c1-11(2)31-15-5-3-4-14(9-15)26-22-28-20-18(24-10-25-20)21(29-22)27-17-13-7-6-12(8-13)16(17)19(23)30/h3-7,9-13,16-17H,8H2,1-2H3,(H2,23,30)(H3,24,25,26,27,28,29)/p+1. The minimum absolute atomic E-state index is 0.0853. The minimum atomic E-state index is -0.280. The third kappa shape index (κ3) is 3.67. The summed E-state index contributed by atoms with van der Waals surface area (Å²) in [5, 5.41) is 6.73. The lowest BCUT2D eigenvalue weighted by molar-refractivity contribution is -0.347. The van der Waals surface area contributed by atoms with Crippen LogP contribution in [0.5, 0.6) is 5.75 Å². The third-order valence-electron chi connectivity index (χ3n) is 5.89. The Bertz CT molecular complexity index is 1160. The highest BCUT2D eigenvalue weighted by atomic mass is 16.5. The van der Waals surface area contributed by atoms with E-state index in [1.54, 1.807) is 6.33 Å². The van der Waals surface area contributed by atoms with Crippen molar-refractivity contribution in [3.8, 4) is 5.75 Å². The molecule has 6 N–H and O–H groups in total. The van der Waals surface area contributed by atoms with Crippen molar-refractivity contribution >= 4 is 34.5 Å². The van der Waals surface area contributed by atoms with Crippen molar-refractivity contribution in [2.45, 2.75) is 32.4 Å². The zero-order valence-electron chi connectivity index (χ0n) is 17.4. The van der Waals surface area contributed by atoms with Gasteiger partial charge < -0.3 is 21.1 Å². The number of imidazole rings is 1. The van der Waals surface area contributed by atoms with Gasteiger partial charge in [-0.3, -0.25) is 9.78 Å². The summed E-state index contributed by atoms with van der Waals surface area (Å²) >= 11 is 0. The summed E-state index contributed by atoms with van der Waals surface area (Å²) in [7, 11) is 0. The number of aromatic amines is 2. The minimum Gasteiger partial charge on any atom is -0.491 e. The van der Waals surface area contributed by atoms with E-state index in [2.05, 4.69) is 37.7 Å². The number of primary amides is 1. The van der Waals surface area contributed by atoms with Crippen molar-refractivity contribution in [1.82, 2.24) is 15.0 Å². The van der Waals surface area contributed by atoms with Crippen molar-refractivity contribution in [2.75, 3.05) is 10.6 Å². The summed E-state index contributed by atoms with van der Waals surface area (Å²) in [6.45, 7) is 3.97. The number of aromatic nitrogens is 4. The molecule has 0 radical (unpaired) electrons. The Morgan fingerprint density at radius 2 is 2.13 bits per heavy atom. The molecule has 3 aromatic rings. The fraction of sp³-hybridized carbons (Fsp3) is 0.364. The summed E-state index contributed by atoms with van der Waals surface area (Å²) in [4.78, 5) is 27.6. The number of hydrogen-bond acceptors (Lipinski definition) is 6. The zero-order chi connectivity index (χ0) is 21.5. The van der Waals surface area contributed by atoms with E-state index >= 15 is 0 Å². The smallest absolute Gasteiger partial charge is 0.307 e. The van der Waals surface area contributed by atoms with Gasteiger partial charge in [-0.25, -0.2) is 4.98 Å². The van der Waals surface area contributed by atoms with Gasteiger partial charge in [0.2, 0.25) is 11.4 Å². The van der Waals surface area contributed by atoms with E-state index in [1.165, 1.54) is 0 Å². The molecule has 1 aromatic carbocycles. The molecule has 2 heterocycles. The fourth-order valence-electron chi connectivity index (χ4n) is 4.65. The maximum absolute atomic E-state index is 12.1. The number of H-pyrrole nitrogens is 2. The van der Waals surface area contributed by atoms with Gasteiger partial charge in [0.15, 0.2) is 12.1 Å². The molecule has 31 heavy (non-hydrogen) atoms. The van der Waals surface area contributed by atoms with Gasteiger partial charge in [-0.1, -0.05) is 23.2 Å². The molecule has 0 spiro atoms. The highest BCUT2D eigenvalue weighted by Crippen LogP contribution is 2.45. The second-order valence-corrected chi connectivity index (χ2v) is 8.42. The van der Waals surface area contributed by atoms with Crippen LogP contribution in [0, 0.1) is 17.8 Å². The molecule has 1 saturated carbocycles. The van der Waals surface area contributed by atoms with Crippen LogP contribution in [0.4, 0.5) is 17.5 Å². The molecule has 2 aliphatic carbocycles. The molecule has 0 saturated heterocycles. The van der Waals surface area contributed by atoms with Gasteiger partial charge >= 0.3 is 11.6 Å². The number of carbonyl (C=O) groups is 1. The highest BCUT2D eigenvalue weighted by molar-refractivity contribution is 5.84. The molecule has 160 valence electrons. The molecule has 4 atom stereocenters. The quantitative estimate of drug-likeness (QED) is 0.434. The lowest BCUT2D eigenvalue weighted by atomic mass is 9.88. The summed E-state index contributed by atoms with van der Waals surface area (Å²) in [5.41, 5.74) is 7.94. The van der Waals surface area contributed by atoms with Gasteiger partial charge in [0.05, 0.1) is 12.0 Å². The number of benzene rings is 1. The second-order valence-electron chi connectivity index (χ2n) is 8.42. The number of nitrogens with zero attached hydrogens (tertiary/aromatic N) is 2. The number of nitrogens with two attached hydrogens (primary N) is 1. The first kappa shape index (κ1) is 19.3. The maximum Gasteiger partial charge on any atom is 0.307 e. The van der Waals surface area contributed by atoms with E-state index in [9.17, 15) is 4.79 Å². The Kier molecular flexibility index (Phi) is 4.72. The third-order valence-corrected chi connectivity index (χ3v) is 5.89. The van der Waals surface area contributed by atoms with Crippen molar-refractivity contribution < 1.29 is 14.5 Å². The molecule has 5 rings (SSSR count). The predicted octanol–water partition coefficient (Wildman–Crippen LogP) is 2.39. The average molecular weight is 420 g/mol. The average Bonchev–Trinajstić information content (AvgIpc) is 3.43. The molecule has 4 unspecified atom stereocenters. The summed E-state index contributed by atoms with van der Waals surface area (Å²) in [6.07, 6.45) is 7.00. The Labute approximate surface area is 179 Å². The van der Waals surface area contributed by atoms with Crippen LogP contribution in [-0.2, 0) is 4.79 Å². The van der Waals surface area contributed by atoms with Crippen LogP contribution < -0.4 is 26.1 Å². The van der Waals surface area contributed by atoms with Gasteiger partial charge in [0, 0.05) is 17.8 Å². The van der Waals surface area contributed by atoms with E-state index in [4.69, 9.17) is 15.5 Å². The van der Waals surface area contributed by atoms with Gasteiger partial charge in [0.1, 0.15) is 5.75 Å². The summed E-state index contributed by atoms with van der Waals surface area (Å²) < 4.78 is 5.77. The van der Waals surface area contributed by atoms with Crippen LogP contribution >= 0.6 is 0 Å². The largest absolute Gasteiger partial charge is 0.491 e. The number of allylic oxidation sites excluding steroid dienone is 1. The molecule has 9 nitrogen and oxygen atoms in total. The van der Waals surface area contributed by atoms with Gasteiger partial charge in [-0.15, -0.1) is 0 Å². The molecule has 1 fully saturated rings. The van der Waals surface area contributed by atoms with Crippen LogP contribution in [0.25, 0.3) is 11.2 Å². The molecule has 2 aromatic heterocycles. The van der Waals surface area contributed by atoms with E-state index < -0.39 is 0 Å². The lowest BCUT2D eigenvalue weighted by Crippen LogP contribution is -2.41. The molecular formula is C22H26N7O2+. The van der Waals surface area contributed by atoms with Crippen LogP contribution in [0.1, 0.15) is 20.3 Å². The number of amides is 1. The van der Waals surface area contributed by atoms with Crippen LogP contribution in [-0.4, -0.2) is 33.0 Å². The van der Waals surface area contributed by atoms with Crippen molar-refractivity contribution in [1.29, 1.82) is 0 Å². The molecule has 2 aliphatic rings. The van der Waals surface area contributed by atoms with Gasteiger partial charge in [-0.05, 0) is 44.2 Å². The summed E-state index contributed by atoms with van der Waals surface area (Å²) in [5.74, 6) is 1.74. The fourth-order valence-corrected chi connectivity index (χ4v) is 4.65. The molecule has 9 heteroatoms. The SMILES string of the molecule is CC(C)Oc1cccc(Nc2nc(NC3C4C=CC(C4)C3C(N)=O)c3[nH]c[nH+]c3n2)c1. The molecule has 0 aliphatic heterocycles. The Morgan fingerprint density at radius 1 is 1.29 bits per heavy atom. The topological polar surface area (TPSA) is 132 Å². The maximum atomic E-state index is 12.1. The van der Waals surface area contributed by atoms with Crippen LogP contribution in [0.3, 0.4) is 0 Å². The van der Waals surface area contributed by atoms with Gasteiger partial charge in [-0.2, -0.15) is 4.98 Å². The van der Waals surface area contributed by atoms with Crippen LogP contribution in [0.2, 0.25) is 0 Å². The lowest BCUT2D eigenvalue weighted by Gasteiger charge is -2.26. The first-order valence-corrected chi connectivity index (χ1v) is 10.5. The number of ether oxygens (including phenoxy) is 1. The Balaban J connectivity index is 1.44. The monoisotopic (exact) mass is 420 g/mol. The molecule has 1 amide bonds. The molecular weight excluding hydrogens is 394 g/mol. The van der Waals surface area contributed by atoms with E-state index in [0.717, 1.165) is 23.4 Å². The number of carbonyl (C=O) groups excluding carboxylic acids is 1. The van der Waals surface area contributed by atoms with Crippen molar-refractivity contribution in [3.05, 3.63) is 42.7 Å². The van der Waals surface area contributed by atoms with E-state index in [1.807, 2.05) is 38.1 Å². The first-order valence-electron chi connectivity index (χ1n) is 10.5. The number of fused-ring (bicyclic) bond motifs is 3. The molecule has 2 bridgehead atoms. The number of hydrogen-bond donors (Lipinski definition) is 4. The van der Waals surface area contributed by atoms with Crippen molar-refractivity contribution in [2.24, 2.45) is 23.5 Å². The Hall–Kier alpha value is -3.62. The second kappa shape index (κ2) is 7.57. The highest BCUT2D eigenvalue weighted by Gasteiger charge is 2.47. The van der Waals surface area contributed by atoms with Gasteiger partial charge in [0.25, 0.3) is 0 Å².